The Bertz CT molecular complexity index is 402. The first-order chi connectivity index (χ1) is 9.53. The summed E-state index contributed by atoms with van der Waals surface area (Å²) in [6, 6.07) is 8.60. The smallest absolute Gasteiger partial charge is 0.0769 e. The van der Waals surface area contributed by atoms with Gasteiger partial charge in [-0.15, -0.1) is 18.3 Å². The minimum atomic E-state index is -0.195. The van der Waals surface area contributed by atoms with Crippen molar-refractivity contribution in [3.8, 4) is 0 Å². The lowest BCUT2D eigenvalue weighted by Gasteiger charge is -2.31. The van der Waals surface area contributed by atoms with Gasteiger partial charge in [-0.2, -0.15) is 0 Å². The number of ether oxygens (including phenoxy) is 2. The number of methoxy groups -OCH3 is 2. The summed E-state index contributed by atoms with van der Waals surface area (Å²) < 4.78 is 11.2. The van der Waals surface area contributed by atoms with E-state index in [0.717, 1.165) is 18.6 Å². The molecule has 2 nitrogen and oxygen atoms in total. The number of hydrogen-bond acceptors (Lipinski definition) is 3. The van der Waals surface area contributed by atoms with E-state index in [-0.39, 0.29) is 11.7 Å². The maximum absolute atomic E-state index is 5.73. The maximum atomic E-state index is 5.73. The molecule has 2 atom stereocenters. The minimum absolute atomic E-state index is 0.163. The van der Waals surface area contributed by atoms with Crippen molar-refractivity contribution in [2.24, 2.45) is 0 Å². The lowest BCUT2D eigenvalue weighted by molar-refractivity contribution is -0.0271. The highest BCUT2D eigenvalue weighted by Gasteiger charge is 2.27. The molecule has 0 saturated carbocycles. The third-order valence-electron chi connectivity index (χ3n) is 3.48. The van der Waals surface area contributed by atoms with Crippen molar-refractivity contribution in [2.75, 3.05) is 20.0 Å². The molecule has 3 heteroatoms. The second-order valence-electron chi connectivity index (χ2n) is 5.34. The summed E-state index contributed by atoms with van der Waals surface area (Å²) >= 11 is 1.82. The Labute approximate surface area is 127 Å². The first-order valence-corrected chi connectivity index (χ1v) is 7.90. The van der Waals surface area contributed by atoms with Crippen LogP contribution in [0.3, 0.4) is 0 Å². The van der Waals surface area contributed by atoms with Gasteiger partial charge in [0, 0.05) is 31.3 Å². The van der Waals surface area contributed by atoms with Crippen LogP contribution in [0.2, 0.25) is 0 Å². The molecule has 0 aliphatic carbocycles. The van der Waals surface area contributed by atoms with Gasteiger partial charge in [0.2, 0.25) is 0 Å². The van der Waals surface area contributed by atoms with Gasteiger partial charge in [0.05, 0.1) is 11.7 Å². The Morgan fingerprint density at radius 1 is 1.30 bits per heavy atom. The lowest BCUT2D eigenvalue weighted by atomic mass is 9.98. The van der Waals surface area contributed by atoms with E-state index in [2.05, 4.69) is 44.7 Å². The molecule has 0 unspecified atom stereocenters. The van der Waals surface area contributed by atoms with Crippen molar-refractivity contribution in [3.63, 3.8) is 0 Å². The van der Waals surface area contributed by atoms with E-state index in [4.69, 9.17) is 9.47 Å². The van der Waals surface area contributed by atoms with Crippen molar-refractivity contribution < 1.29 is 9.47 Å². The SMILES string of the molecule is C=CC[C@@H](C[C@](C)(CSc1ccc(C)cc1)OC)OC. The molecule has 112 valence electrons. The van der Waals surface area contributed by atoms with Gasteiger partial charge in [-0.3, -0.25) is 0 Å². The second-order valence-corrected chi connectivity index (χ2v) is 6.39. The molecule has 1 aromatic carbocycles. The van der Waals surface area contributed by atoms with Crippen molar-refractivity contribution in [3.05, 3.63) is 42.5 Å². The minimum Gasteiger partial charge on any atom is -0.381 e. The van der Waals surface area contributed by atoms with E-state index in [0.29, 0.717) is 0 Å². The molecule has 0 fully saturated rings. The molecule has 1 aromatic rings. The van der Waals surface area contributed by atoms with Crippen LogP contribution in [0.1, 0.15) is 25.3 Å². The summed E-state index contributed by atoms with van der Waals surface area (Å²) in [5.41, 5.74) is 1.09. The number of aryl methyl sites for hydroxylation is 1. The van der Waals surface area contributed by atoms with Crippen LogP contribution in [0.25, 0.3) is 0 Å². The quantitative estimate of drug-likeness (QED) is 0.494. The molecular formula is C17H26O2S. The van der Waals surface area contributed by atoms with Crippen molar-refractivity contribution in [1.82, 2.24) is 0 Å². The molecule has 0 bridgehead atoms. The van der Waals surface area contributed by atoms with Crippen molar-refractivity contribution in [2.45, 2.75) is 43.3 Å². The van der Waals surface area contributed by atoms with E-state index >= 15 is 0 Å². The molecule has 0 spiro atoms. The van der Waals surface area contributed by atoms with E-state index < -0.39 is 0 Å². The van der Waals surface area contributed by atoms with Gasteiger partial charge in [-0.25, -0.2) is 0 Å². The first kappa shape index (κ1) is 17.3. The van der Waals surface area contributed by atoms with E-state index in [1.54, 1.807) is 14.2 Å². The zero-order valence-electron chi connectivity index (χ0n) is 13.0. The number of thioether (sulfide) groups is 1. The summed E-state index contributed by atoms with van der Waals surface area (Å²) in [5.74, 6) is 0.906. The van der Waals surface area contributed by atoms with E-state index in [9.17, 15) is 0 Å². The molecule has 0 saturated heterocycles. The van der Waals surface area contributed by atoms with Gasteiger partial charge in [-0.1, -0.05) is 23.8 Å². The van der Waals surface area contributed by atoms with Crippen molar-refractivity contribution in [1.29, 1.82) is 0 Å². The second kappa shape index (κ2) is 8.50. The summed E-state index contributed by atoms with van der Waals surface area (Å²) in [4.78, 5) is 1.27. The third-order valence-corrected chi connectivity index (χ3v) is 4.84. The zero-order chi connectivity index (χ0) is 15.0. The van der Waals surface area contributed by atoms with Crippen LogP contribution < -0.4 is 0 Å². The summed E-state index contributed by atoms with van der Waals surface area (Å²) in [7, 11) is 3.52. The first-order valence-electron chi connectivity index (χ1n) is 6.91. The molecule has 1 rings (SSSR count). The predicted octanol–water partition coefficient (Wildman–Crippen LogP) is 4.47. The Morgan fingerprint density at radius 2 is 1.95 bits per heavy atom. The Hall–Kier alpha value is -0.770. The zero-order valence-corrected chi connectivity index (χ0v) is 13.8. The molecule has 0 aliphatic heterocycles. The summed E-state index contributed by atoms with van der Waals surface area (Å²) in [6.45, 7) is 8.03. The van der Waals surface area contributed by atoms with Crippen molar-refractivity contribution >= 4 is 11.8 Å². The topological polar surface area (TPSA) is 18.5 Å². The van der Waals surface area contributed by atoms with Gasteiger partial charge in [-0.05, 0) is 32.4 Å². The fraction of sp³-hybridized carbons (Fsp3) is 0.529. The average Bonchev–Trinajstić information content (AvgIpc) is 2.46. The number of benzene rings is 1. The van der Waals surface area contributed by atoms with Crippen LogP contribution in [0, 0.1) is 6.92 Å². The number of rotatable bonds is 9. The van der Waals surface area contributed by atoms with Crippen LogP contribution in [-0.4, -0.2) is 31.7 Å². The standard InChI is InChI=1S/C17H26O2S/c1-6-7-15(18-4)12-17(3,19-5)13-20-16-10-8-14(2)9-11-16/h6,8-11,15H,1,7,12-13H2,2-5H3/t15-,17+/m0/s1. The molecule has 0 radical (unpaired) electrons. The third kappa shape index (κ3) is 5.70. The molecule has 20 heavy (non-hydrogen) atoms. The molecule has 0 aromatic heterocycles. The highest BCUT2D eigenvalue weighted by Crippen LogP contribution is 2.29. The molecule has 0 heterocycles. The van der Waals surface area contributed by atoms with Crippen LogP contribution in [0.15, 0.2) is 41.8 Å². The predicted molar refractivity (Wildman–Crippen MR) is 87.5 cm³/mol. The maximum Gasteiger partial charge on any atom is 0.0769 e. The Morgan fingerprint density at radius 3 is 2.45 bits per heavy atom. The largest absolute Gasteiger partial charge is 0.381 e. The fourth-order valence-corrected chi connectivity index (χ4v) is 3.04. The van der Waals surface area contributed by atoms with Gasteiger partial charge in [0.25, 0.3) is 0 Å². The normalized spacial score (nSPS) is 15.6. The highest BCUT2D eigenvalue weighted by molar-refractivity contribution is 7.99. The van der Waals surface area contributed by atoms with Gasteiger partial charge in [0.1, 0.15) is 0 Å². The van der Waals surface area contributed by atoms with Gasteiger partial charge >= 0.3 is 0 Å². The van der Waals surface area contributed by atoms with E-state index in [1.165, 1.54) is 10.5 Å². The van der Waals surface area contributed by atoms with Crippen LogP contribution >= 0.6 is 11.8 Å². The molecule has 0 amide bonds. The Balaban J connectivity index is 2.59. The van der Waals surface area contributed by atoms with Crippen LogP contribution in [-0.2, 0) is 9.47 Å². The number of hydrogen-bond donors (Lipinski definition) is 0. The highest BCUT2D eigenvalue weighted by atomic mass is 32.2. The molecule has 0 N–H and O–H groups in total. The summed E-state index contributed by atoms with van der Waals surface area (Å²) in [5, 5.41) is 0. The van der Waals surface area contributed by atoms with E-state index in [1.807, 2.05) is 17.8 Å². The van der Waals surface area contributed by atoms with Gasteiger partial charge < -0.3 is 9.47 Å². The van der Waals surface area contributed by atoms with Gasteiger partial charge in [0.15, 0.2) is 0 Å². The van der Waals surface area contributed by atoms with Crippen LogP contribution in [0.4, 0.5) is 0 Å². The lowest BCUT2D eigenvalue weighted by Crippen LogP contribution is -2.35. The Kier molecular flexibility index (Phi) is 7.35. The molecular weight excluding hydrogens is 268 g/mol. The summed E-state index contributed by atoms with van der Waals surface area (Å²) in [6.07, 6.45) is 3.78. The molecule has 0 aliphatic rings. The average molecular weight is 294 g/mol. The van der Waals surface area contributed by atoms with Crippen LogP contribution in [0.5, 0.6) is 0 Å². The monoisotopic (exact) mass is 294 g/mol. The fourth-order valence-electron chi connectivity index (χ4n) is 2.00.